The zero-order valence-electron chi connectivity index (χ0n) is 10.7. The molecule has 1 fully saturated rings. The number of nitrogens with one attached hydrogen (secondary N) is 1. The molecule has 6 heteroatoms. The van der Waals surface area contributed by atoms with E-state index >= 15 is 0 Å². The lowest BCUT2D eigenvalue weighted by molar-refractivity contribution is -0.138. The molecule has 1 aromatic rings. The molecule has 1 heterocycles. The SMILES string of the molecule is Cc1csc(C(=O)NC2(CC(=O)O)CCCC2)c1Cl. The van der Waals surface area contributed by atoms with Crippen LogP contribution in [0.5, 0.6) is 0 Å². The molecule has 19 heavy (non-hydrogen) atoms. The molecule has 1 aromatic heterocycles. The molecule has 0 saturated heterocycles. The number of amides is 1. The Bertz CT molecular complexity index is 506. The van der Waals surface area contributed by atoms with Gasteiger partial charge in [-0.15, -0.1) is 11.3 Å². The Labute approximate surface area is 120 Å². The van der Waals surface area contributed by atoms with E-state index in [9.17, 15) is 9.59 Å². The molecule has 1 aliphatic rings. The summed E-state index contributed by atoms with van der Waals surface area (Å²) in [4.78, 5) is 23.7. The Kier molecular flexibility index (Phi) is 4.16. The number of aryl methyl sites for hydroxylation is 1. The van der Waals surface area contributed by atoms with E-state index in [1.54, 1.807) is 0 Å². The maximum absolute atomic E-state index is 12.2. The van der Waals surface area contributed by atoms with Gasteiger partial charge in [0.15, 0.2) is 0 Å². The number of hydrogen-bond donors (Lipinski definition) is 2. The number of carboxylic acid groups (broad SMARTS) is 1. The van der Waals surface area contributed by atoms with Gasteiger partial charge in [0.25, 0.3) is 5.91 Å². The summed E-state index contributed by atoms with van der Waals surface area (Å²) in [5.41, 5.74) is 0.264. The maximum Gasteiger partial charge on any atom is 0.305 e. The van der Waals surface area contributed by atoms with Crippen molar-refractivity contribution in [1.82, 2.24) is 5.32 Å². The minimum Gasteiger partial charge on any atom is -0.481 e. The summed E-state index contributed by atoms with van der Waals surface area (Å²) in [6.07, 6.45) is 3.30. The van der Waals surface area contributed by atoms with Crippen molar-refractivity contribution < 1.29 is 14.7 Å². The summed E-state index contributed by atoms with van der Waals surface area (Å²) in [7, 11) is 0. The van der Waals surface area contributed by atoms with Gasteiger partial charge in [0, 0.05) is 0 Å². The van der Waals surface area contributed by atoms with Crippen LogP contribution in [0, 0.1) is 6.92 Å². The van der Waals surface area contributed by atoms with Crippen LogP contribution in [0.3, 0.4) is 0 Å². The van der Waals surface area contributed by atoms with E-state index in [2.05, 4.69) is 5.32 Å². The predicted molar refractivity (Wildman–Crippen MR) is 75.0 cm³/mol. The Morgan fingerprint density at radius 3 is 2.58 bits per heavy atom. The first-order valence-corrected chi connectivity index (χ1v) is 7.47. The summed E-state index contributed by atoms with van der Waals surface area (Å²) in [6, 6.07) is 0. The van der Waals surface area contributed by atoms with E-state index in [-0.39, 0.29) is 12.3 Å². The standard InChI is InChI=1S/C13H16ClNO3S/c1-8-7-19-11(10(8)14)12(18)15-13(6-9(16)17)4-2-3-5-13/h7H,2-6H2,1H3,(H,15,18)(H,16,17). The van der Waals surface area contributed by atoms with Crippen LogP contribution in [0.25, 0.3) is 0 Å². The topological polar surface area (TPSA) is 66.4 Å². The van der Waals surface area contributed by atoms with Crippen LogP contribution in [0.4, 0.5) is 0 Å². The van der Waals surface area contributed by atoms with Crippen molar-refractivity contribution in [2.75, 3.05) is 0 Å². The number of carbonyl (C=O) groups is 2. The second-order valence-electron chi connectivity index (χ2n) is 5.07. The van der Waals surface area contributed by atoms with E-state index in [0.29, 0.717) is 22.7 Å². The van der Waals surface area contributed by atoms with E-state index in [1.807, 2.05) is 12.3 Å². The number of carboxylic acids is 1. The molecule has 0 atom stereocenters. The van der Waals surface area contributed by atoms with Gasteiger partial charge in [-0.2, -0.15) is 0 Å². The largest absolute Gasteiger partial charge is 0.481 e. The minimum atomic E-state index is -0.879. The van der Waals surface area contributed by atoms with Crippen LogP contribution >= 0.6 is 22.9 Å². The second kappa shape index (κ2) is 5.51. The summed E-state index contributed by atoms with van der Waals surface area (Å²) in [5.74, 6) is -1.14. The van der Waals surface area contributed by atoms with Gasteiger partial charge in [0.1, 0.15) is 4.88 Å². The van der Waals surface area contributed by atoms with Gasteiger partial charge >= 0.3 is 5.97 Å². The number of aliphatic carboxylic acids is 1. The van der Waals surface area contributed by atoms with Crippen molar-refractivity contribution in [1.29, 1.82) is 0 Å². The van der Waals surface area contributed by atoms with Gasteiger partial charge in [-0.3, -0.25) is 9.59 Å². The summed E-state index contributed by atoms with van der Waals surface area (Å²) in [6.45, 7) is 1.85. The average molecular weight is 302 g/mol. The lowest BCUT2D eigenvalue weighted by Crippen LogP contribution is -2.47. The highest BCUT2D eigenvalue weighted by molar-refractivity contribution is 7.13. The molecule has 2 rings (SSSR count). The molecule has 0 unspecified atom stereocenters. The molecular weight excluding hydrogens is 286 g/mol. The van der Waals surface area contributed by atoms with E-state index in [4.69, 9.17) is 16.7 Å². The fourth-order valence-electron chi connectivity index (χ4n) is 2.57. The van der Waals surface area contributed by atoms with Crippen LogP contribution in [-0.2, 0) is 4.79 Å². The van der Waals surface area contributed by atoms with Crippen molar-refractivity contribution in [2.45, 2.75) is 44.6 Å². The molecular formula is C13H16ClNO3S. The first-order valence-electron chi connectivity index (χ1n) is 6.21. The van der Waals surface area contributed by atoms with E-state index in [1.165, 1.54) is 11.3 Å². The predicted octanol–water partition coefficient (Wildman–Crippen LogP) is 3.23. The minimum absolute atomic E-state index is 0.0271. The van der Waals surface area contributed by atoms with Crippen molar-refractivity contribution in [2.24, 2.45) is 0 Å². The Balaban J connectivity index is 2.16. The molecule has 0 radical (unpaired) electrons. The van der Waals surface area contributed by atoms with Gasteiger partial charge in [0.05, 0.1) is 17.0 Å². The summed E-state index contributed by atoms with van der Waals surface area (Å²) < 4.78 is 0. The van der Waals surface area contributed by atoms with Crippen LogP contribution in [0.2, 0.25) is 5.02 Å². The third kappa shape index (κ3) is 3.09. The molecule has 4 nitrogen and oxygen atoms in total. The highest BCUT2D eigenvalue weighted by Crippen LogP contribution is 2.34. The van der Waals surface area contributed by atoms with Crippen molar-refractivity contribution in [3.05, 3.63) is 20.8 Å². The van der Waals surface area contributed by atoms with Gasteiger partial charge in [0.2, 0.25) is 0 Å². The molecule has 2 N–H and O–H groups in total. The lowest BCUT2D eigenvalue weighted by atomic mass is 9.93. The van der Waals surface area contributed by atoms with Gasteiger partial charge in [-0.05, 0) is 30.7 Å². The second-order valence-corrected chi connectivity index (χ2v) is 6.33. The van der Waals surface area contributed by atoms with E-state index < -0.39 is 11.5 Å². The molecule has 1 saturated carbocycles. The van der Waals surface area contributed by atoms with Crippen molar-refractivity contribution >= 4 is 34.8 Å². The number of halogens is 1. The van der Waals surface area contributed by atoms with E-state index in [0.717, 1.165) is 18.4 Å². The smallest absolute Gasteiger partial charge is 0.305 e. The molecule has 1 amide bonds. The van der Waals surface area contributed by atoms with Crippen LogP contribution in [-0.4, -0.2) is 22.5 Å². The van der Waals surface area contributed by atoms with Gasteiger partial charge in [-0.25, -0.2) is 0 Å². The molecule has 104 valence electrons. The van der Waals surface area contributed by atoms with Gasteiger partial charge in [-0.1, -0.05) is 24.4 Å². The molecule has 0 spiro atoms. The first kappa shape index (κ1) is 14.3. The zero-order chi connectivity index (χ0) is 14.0. The molecule has 1 aliphatic carbocycles. The van der Waals surface area contributed by atoms with Crippen molar-refractivity contribution in [3.63, 3.8) is 0 Å². The number of rotatable bonds is 4. The molecule has 0 aliphatic heterocycles. The van der Waals surface area contributed by atoms with Crippen LogP contribution in [0.1, 0.15) is 47.3 Å². The third-order valence-corrected chi connectivity index (χ3v) is 5.23. The third-order valence-electron chi connectivity index (χ3n) is 3.53. The number of carbonyl (C=O) groups excluding carboxylic acids is 1. The number of thiophene rings is 1. The van der Waals surface area contributed by atoms with Crippen molar-refractivity contribution in [3.8, 4) is 0 Å². The Hall–Kier alpha value is -1.07. The summed E-state index contributed by atoms with van der Waals surface area (Å²) >= 11 is 7.37. The summed E-state index contributed by atoms with van der Waals surface area (Å²) in [5, 5.41) is 14.2. The zero-order valence-corrected chi connectivity index (χ0v) is 12.2. The first-order chi connectivity index (χ1) is 8.93. The van der Waals surface area contributed by atoms with Crippen LogP contribution < -0.4 is 5.32 Å². The Morgan fingerprint density at radius 1 is 1.47 bits per heavy atom. The van der Waals surface area contributed by atoms with Crippen LogP contribution in [0.15, 0.2) is 5.38 Å². The normalized spacial score (nSPS) is 17.4. The highest BCUT2D eigenvalue weighted by atomic mass is 35.5. The fraction of sp³-hybridized carbons (Fsp3) is 0.538. The maximum atomic E-state index is 12.2. The monoisotopic (exact) mass is 301 g/mol. The molecule has 0 bridgehead atoms. The quantitative estimate of drug-likeness (QED) is 0.897. The Morgan fingerprint density at radius 2 is 2.11 bits per heavy atom. The average Bonchev–Trinajstić information content (AvgIpc) is 2.87. The highest BCUT2D eigenvalue weighted by Gasteiger charge is 2.38. The molecule has 0 aromatic carbocycles. The fourth-order valence-corrected chi connectivity index (χ4v) is 3.74. The van der Waals surface area contributed by atoms with Gasteiger partial charge < -0.3 is 10.4 Å². The number of hydrogen-bond acceptors (Lipinski definition) is 3. The lowest BCUT2D eigenvalue weighted by Gasteiger charge is -2.28.